The molecule has 0 radical (unpaired) electrons. The van der Waals surface area contributed by atoms with Crippen LogP contribution in [-0.2, 0) is 14.3 Å². The smallest absolute Gasteiger partial charge is 0.271 e. The molecule has 0 aliphatic heterocycles. The van der Waals surface area contributed by atoms with Crippen LogP contribution >= 0.6 is 11.6 Å². The van der Waals surface area contributed by atoms with Crippen molar-refractivity contribution in [1.29, 1.82) is 0 Å². The Morgan fingerprint density at radius 3 is 2.51 bits per heavy atom. The zero-order valence-electron chi connectivity index (χ0n) is 19.5. The third-order valence-corrected chi connectivity index (χ3v) is 5.53. The van der Waals surface area contributed by atoms with Gasteiger partial charge < -0.3 is 24.2 Å². The van der Waals surface area contributed by atoms with Crippen LogP contribution in [0.4, 0.5) is 0 Å². The second kappa shape index (κ2) is 12.2. The standard InChI is InChI=1S/C25H26ClN3O6/c1-29(14-24(33-2)34-3)23(31)15-35-22-11-9-17(18-6-4-5-7-19(18)22)13-27-28-25(32)16-8-10-21(30)20(26)12-16/h4-13,24,30H,14-15H2,1-3H3,(H,28,32)/b27-13+. The van der Waals surface area contributed by atoms with Crippen molar-refractivity contribution in [2.24, 2.45) is 5.10 Å². The number of hydrogen-bond acceptors (Lipinski definition) is 7. The lowest BCUT2D eigenvalue weighted by molar-refractivity contribution is -0.144. The number of fused-ring (bicyclic) bond motifs is 1. The van der Waals surface area contributed by atoms with Crippen molar-refractivity contribution in [1.82, 2.24) is 10.3 Å². The predicted octanol–water partition coefficient (Wildman–Crippen LogP) is 3.42. The number of benzene rings is 3. The number of aromatic hydroxyl groups is 1. The molecule has 2 amide bonds. The van der Waals surface area contributed by atoms with Gasteiger partial charge in [0.05, 0.1) is 17.8 Å². The highest BCUT2D eigenvalue weighted by Gasteiger charge is 2.16. The number of amides is 2. The van der Waals surface area contributed by atoms with E-state index in [-0.39, 0.29) is 35.4 Å². The molecule has 0 atom stereocenters. The number of nitrogens with zero attached hydrogens (tertiary/aromatic N) is 2. The number of phenols is 1. The Labute approximate surface area is 207 Å². The number of halogens is 1. The van der Waals surface area contributed by atoms with Crippen LogP contribution in [0.2, 0.25) is 5.02 Å². The maximum Gasteiger partial charge on any atom is 0.271 e. The van der Waals surface area contributed by atoms with Gasteiger partial charge in [0.1, 0.15) is 11.5 Å². The zero-order chi connectivity index (χ0) is 25.4. The molecule has 0 saturated carbocycles. The summed E-state index contributed by atoms with van der Waals surface area (Å²) in [6.07, 6.45) is 0.996. The molecular weight excluding hydrogens is 474 g/mol. The van der Waals surface area contributed by atoms with Crippen molar-refractivity contribution < 1.29 is 28.9 Å². The second-order valence-corrected chi connectivity index (χ2v) is 7.93. The lowest BCUT2D eigenvalue weighted by atomic mass is 10.0. The van der Waals surface area contributed by atoms with Gasteiger partial charge >= 0.3 is 0 Å². The van der Waals surface area contributed by atoms with E-state index in [1.54, 1.807) is 19.2 Å². The molecule has 0 fully saturated rings. The van der Waals surface area contributed by atoms with E-state index in [9.17, 15) is 14.7 Å². The number of ether oxygens (including phenoxy) is 3. The third-order valence-electron chi connectivity index (χ3n) is 5.22. The van der Waals surface area contributed by atoms with E-state index in [4.69, 9.17) is 25.8 Å². The Balaban J connectivity index is 1.69. The fourth-order valence-corrected chi connectivity index (χ4v) is 3.41. The van der Waals surface area contributed by atoms with Crippen LogP contribution in [0.3, 0.4) is 0 Å². The fourth-order valence-electron chi connectivity index (χ4n) is 3.23. The highest BCUT2D eigenvalue weighted by Crippen LogP contribution is 2.28. The molecule has 0 aliphatic carbocycles. The number of phenolic OH excluding ortho intramolecular Hbond substituents is 1. The Morgan fingerprint density at radius 2 is 1.83 bits per heavy atom. The summed E-state index contributed by atoms with van der Waals surface area (Å²) >= 11 is 5.85. The highest BCUT2D eigenvalue weighted by atomic mass is 35.5. The number of hydrogen-bond donors (Lipinski definition) is 2. The van der Waals surface area contributed by atoms with Crippen LogP contribution < -0.4 is 10.2 Å². The first-order chi connectivity index (χ1) is 16.8. The van der Waals surface area contributed by atoms with Crippen LogP contribution in [0, 0.1) is 0 Å². The van der Waals surface area contributed by atoms with Gasteiger partial charge in [0.2, 0.25) is 0 Å². The van der Waals surface area contributed by atoms with Crippen molar-refractivity contribution in [3.63, 3.8) is 0 Å². The molecule has 0 heterocycles. The molecule has 184 valence electrons. The van der Waals surface area contributed by atoms with Gasteiger partial charge in [0, 0.05) is 37.8 Å². The molecule has 9 nitrogen and oxygen atoms in total. The molecule has 0 bridgehead atoms. The Bertz CT molecular complexity index is 1230. The zero-order valence-corrected chi connectivity index (χ0v) is 20.3. The highest BCUT2D eigenvalue weighted by molar-refractivity contribution is 6.32. The Kier molecular flexibility index (Phi) is 9.02. The van der Waals surface area contributed by atoms with E-state index < -0.39 is 12.2 Å². The largest absolute Gasteiger partial charge is 0.506 e. The summed E-state index contributed by atoms with van der Waals surface area (Å²) in [6, 6.07) is 15.2. The number of likely N-dealkylation sites (N-methyl/N-ethyl adjacent to an activating group) is 1. The number of methoxy groups -OCH3 is 2. The monoisotopic (exact) mass is 499 g/mol. The number of nitrogens with one attached hydrogen (secondary N) is 1. The maximum atomic E-state index is 12.5. The summed E-state index contributed by atoms with van der Waals surface area (Å²) in [5.41, 5.74) is 3.44. The second-order valence-electron chi connectivity index (χ2n) is 7.53. The number of carbonyl (C=O) groups is 2. The molecular formula is C25H26ClN3O6. The van der Waals surface area contributed by atoms with Crippen molar-refractivity contribution in [3.8, 4) is 11.5 Å². The van der Waals surface area contributed by atoms with E-state index in [0.717, 1.165) is 16.3 Å². The van der Waals surface area contributed by atoms with E-state index in [2.05, 4.69) is 10.5 Å². The molecule has 3 aromatic rings. The van der Waals surface area contributed by atoms with Gasteiger partial charge in [-0.1, -0.05) is 35.9 Å². The van der Waals surface area contributed by atoms with E-state index in [1.165, 1.54) is 43.5 Å². The van der Waals surface area contributed by atoms with Gasteiger partial charge in [-0.3, -0.25) is 9.59 Å². The van der Waals surface area contributed by atoms with Gasteiger partial charge in [-0.15, -0.1) is 0 Å². The van der Waals surface area contributed by atoms with Gasteiger partial charge in [0.25, 0.3) is 11.8 Å². The van der Waals surface area contributed by atoms with E-state index in [1.807, 2.05) is 24.3 Å². The van der Waals surface area contributed by atoms with Gasteiger partial charge in [-0.2, -0.15) is 5.10 Å². The SMILES string of the molecule is COC(CN(C)C(=O)COc1ccc(/C=N/NC(=O)c2ccc(O)c(Cl)c2)c2ccccc12)OC. The van der Waals surface area contributed by atoms with Crippen molar-refractivity contribution in [2.45, 2.75) is 6.29 Å². The van der Waals surface area contributed by atoms with Crippen molar-refractivity contribution >= 4 is 40.4 Å². The summed E-state index contributed by atoms with van der Waals surface area (Å²) in [4.78, 5) is 26.2. The summed E-state index contributed by atoms with van der Waals surface area (Å²) in [6.45, 7) is 0.118. The molecule has 3 aromatic carbocycles. The lowest BCUT2D eigenvalue weighted by Gasteiger charge is -2.22. The van der Waals surface area contributed by atoms with Crippen LogP contribution in [-0.4, -0.2) is 68.7 Å². The minimum atomic E-state index is -0.519. The molecule has 0 aliphatic rings. The van der Waals surface area contributed by atoms with Gasteiger partial charge in [0.15, 0.2) is 12.9 Å². The molecule has 10 heteroatoms. The first-order valence-corrected chi connectivity index (χ1v) is 11.0. The molecule has 0 aromatic heterocycles. The van der Waals surface area contributed by atoms with E-state index in [0.29, 0.717) is 5.75 Å². The van der Waals surface area contributed by atoms with Gasteiger partial charge in [-0.05, 0) is 35.7 Å². The number of rotatable bonds is 10. The minimum Gasteiger partial charge on any atom is -0.506 e. The van der Waals surface area contributed by atoms with Crippen LogP contribution in [0.15, 0.2) is 59.7 Å². The Morgan fingerprint density at radius 1 is 1.11 bits per heavy atom. The molecule has 2 N–H and O–H groups in total. The first-order valence-electron chi connectivity index (χ1n) is 10.6. The van der Waals surface area contributed by atoms with Crippen LogP contribution in [0.1, 0.15) is 15.9 Å². The van der Waals surface area contributed by atoms with Gasteiger partial charge in [-0.25, -0.2) is 5.43 Å². The molecule has 0 spiro atoms. The maximum absolute atomic E-state index is 12.5. The summed E-state index contributed by atoms with van der Waals surface area (Å²) in [5, 5.41) is 15.2. The van der Waals surface area contributed by atoms with Crippen LogP contribution in [0.5, 0.6) is 11.5 Å². The molecule has 0 unspecified atom stereocenters. The topological polar surface area (TPSA) is 110 Å². The number of hydrazone groups is 1. The quantitative estimate of drug-likeness (QED) is 0.251. The molecule has 35 heavy (non-hydrogen) atoms. The normalized spacial score (nSPS) is 11.2. The fraction of sp³-hybridized carbons (Fsp3) is 0.240. The minimum absolute atomic E-state index is 0.0742. The average molecular weight is 500 g/mol. The summed E-state index contributed by atoms with van der Waals surface area (Å²) in [7, 11) is 4.66. The van der Waals surface area contributed by atoms with E-state index >= 15 is 0 Å². The summed E-state index contributed by atoms with van der Waals surface area (Å²) in [5.74, 6) is -0.268. The number of carbonyl (C=O) groups excluding carboxylic acids is 2. The first kappa shape index (κ1) is 26.0. The van der Waals surface area contributed by atoms with Crippen molar-refractivity contribution in [2.75, 3.05) is 34.4 Å². The average Bonchev–Trinajstić information content (AvgIpc) is 2.87. The van der Waals surface area contributed by atoms with Crippen LogP contribution in [0.25, 0.3) is 10.8 Å². The molecule has 3 rings (SSSR count). The predicted molar refractivity (Wildman–Crippen MR) is 133 cm³/mol. The van der Waals surface area contributed by atoms with Crippen molar-refractivity contribution in [3.05, 3.63) is 70.7 Å². The molecule has 0 saturated heterocycles. The third kappa shape index (κ3) is 6.69. The summed E-state index contributed by atoms with van der Waals surface area (Å²) < 4.78 is 16.1. The Hall–Kier alpha value is -3.66. The lowest BCUT2D eigenvalue weighted by Crippen LogP contribution is -2.38.